The van der Waals surface area contributed by atoms with E-state index in [2.05, 4.69) is 15.2 Å². The Hall–Kier alpha value is -1.46. The molecule has 0 bridgehead atoms. The number of rotatable bonds is 3. The predicted molar refractivity (Wildman–Crippen MR) is 69.8 cm³/mol. The number of hydrogen-bond donors (Lipinski definition) is 2. The van der Waals surface area contributed by atoms with Crippen LogP contribution < -0.4 is 11.1 Å². The van der Waals surface area contributed by atoms with Crippen molar-refractivity contribution in [3.8, 4) is 0 Å². The van der Waals surface area contributed by atoms with Crippen LogP contribution in [-0.2, 0) is 4.79 Å². The van der Waals surface area contributed by atoms with Crippen LogP contribution in [0.1, 0.15) is 25.1 Å². The molecule has 5 nitrogen and oxygen atoms in total. The summed E-state index contributed by atoms with van der Waals surface area (Å²) in [6.45, 7) is 4.21. The summed E-state index contributed by atoms with van der Waals surface area (Å²) in [6.07, 6.45) is 2.31. The molecule has 1 fully saturated rings. The summed E-state index contributed by atoms with van der Waals surface area (Å²) >= 11 is 0. The molecule has 2 atom stereocenters. The van der Waals surface area contributed by atoms with E-state index in [0.717, 1.165) is 18.8 Å². The van der Waals surface area contributed by atoms with Crippen molar-refractivity contribution in [1.82, 2.24) is 15.2 Å². The number of amides is 1. The highest BCUT2D eigenvalue weighted by Gasteiger charge is 2.26. The van der Waals surface area contributed by atoms with Gasteiger partial charge in [0.25, 0.3) is 0 Å². The summed E-state index contributed by atoms with van der Waals surface area (Å²) in [5, 5.41) is 2.88. The van der Waals surface area contributed by atoms with Crippen LogP contribution in [0.2, 0.25) is 0 Å². The Morgan fingerprint density at radius 3 is 2.94 bits per heavy atom. The van der Waals surface area contributed by atoms with Gasteiger partial charge in [-0.25, -0.2) is 0 Å². The van der Waals surface area contributed by atoms with E-state index < -0.39 is 0 Å². The molecule has 1 aromatic heterocycles. The third-order valence-corrected chi connectivity index (χ3v) is 3.23. The summed E-state index contributed by atoms with van der Waals surface area (Å²) in [5.41, 5.74) is 7.07. The van der Waals surface area contributed by atoms with Crippen LogP contribution in [0.3, 0.4) is 0 Å². The maximum Gasteiger partial charge on any atom is 0.221 e. The first-order chi connectivity index (χ1) is 8.68. The van der Waals surface area contributed by atoms with Gasteiger partial charge in [0.05, 0.1) is 11.7 Å². The number of nitrogens with two attached hydrogens (primary N) is 1. The van der Waals surface area contributed by atoms with Gasteiger partial charge in [-0.15, -0.1) is 0 Å². The average Bonchev–Trinajstić information content (AvgIpc) is 2.56. The Kier molecular flexibility index (Phi) is 4.28. The summed E-state index contributed by atoms with van der Waals surface area (Å²) in [6, 6.07) is 5.91. The Morgan fingerprint density at radius 2 is 2.28 bits per heavy atom. The smallest absolute Gasteiger partial charge is 0.221 e. The van der Waals surface area contributed by atoms with E-state index in [-0.39, 0.29) is 18.0 Å². The van der Waals surface area contributed by atoms with Crippen molar-refractivity contribution in [1.29, 1.82) is 0 Å². The number of nitrogens with one attached hydrogen (secondary N) is 1. The largest absolute Gasteiger partial charge is 0.355 e. The number of carbonyl (C=O) groups is 1. The summed E-state index contributed by atoms with van der Waals surface area (Å²) in [4.78, 5) is 18.0. The highest BCUT2D eigenvalue weighted by atomic mass is 16.1. The highest BCUT2D eigenvalue weighted by molar-refractivity contribution is 5.76. The van der Waals surface area contributed by atoms with Gasteiger partial charge >= 0.3 is 0 Å². The second-order valence-electron chi connectivity index (χ2n) is 4.69. The Bertz CT molecular complexity index is 393. The third kappa shape index (κ3) is 3.05. The zero-order valence-electron chi connectivity index (χ0n) is 10.7. The van der Waals surface area contributed by atoms with Gasteiger partial charge in [0.1, 0.15) is 0 Å². The van der Waals surface area contributed by atoms with Gasteiger partial charge in [0, 0.05) is 38.3 Å². The average molecular weight is 248 g/mol. The first kappa shape index (κ1) is 13.0. The van der Waals surface area contributed by atoms with Gasteiger partial charge in [0.15, 0.2) is 0 Å². The number of pyridine rings is 1. The summed E-state index contributed by atoms with van der Waals surface area (Å²) in [5.74, 6) is 0.113. The highest BCUT2D eigenvalue weighted by Crippen LogP contribution is 2.22. The van der Waals surface area contributed by atoms with E-state index in [1.54, 1.807) is 6.20 Å². The molecule has 2 rings (SSSR count). The Morgan fingerprint density at radius 1 is 1.44 bits per heavy atom. The van der Waals surface area contributed by atoms with Crippen LogP contribution in [0.4, 0.5) is 0 Å². The van der Waals surface area contributed by atoms with Crippen LogP contribution in [0.25, 0.3) is 0 Å². The zero-order valence-corrected chi connectivity index (χ0v) is 10.7. The second kappa shape index (κ2) is 5.93. The van der Waals surface area contributed by atoms with E-state index in [1.165, 1.54) is 0 Å². The molecule has 1 saturated heterocycles. The first-order valence-corrected chi connectivity index (χ1v) is 6.36. The lowest BCUT2D eigenvalue weighted by molar-refractivity contribution is -0.120. The molecule has 1 aliphatic heterocycles. The van der Waals surface area contributed by atoms with Crippen LogP contribution in [0.5, 0.6) is 0 Å². The van der Waals surface area contributed by atoms with Gasteiger partial charge in [0.2, 0.25) is 5.91 Å². The van der Waals surface area contributed by atoms with Crippen molar-refractivity contribution in [2.75, 3.05) is 19.6 Å². The fourth-order valence-corrected chi connectivity index (χ4v) is 2.40. The monoisotopic (exact) mass is 248 g/mol. The SMILES string of the molecule is CC(N)C(c1ccccn1)N1CCNC(=O)CC1. The molecule has 0 radical (unpaired) electrons. The molecule has 1 aliphatic rings. The van der Waals surface area contributed by atoms with E-state index in [0.29, 0.717) is 13.0 Å². The molecule has 1 amide bonds. The predicted octanol–water partition coefficient (Wildman–Crippen LogP) is 0.292. The first-order valence-electron chi connectivity index (χ1n) is 6.36. The molecule has 3 N–H and O–H groups in total. The molecule has 0 aromatic carbocycles. The maximum absolute atomic E-state index is 11.4. The lowest BCUT2D eigenvalue weighted by atomic mass is 10.0. The number of nitrogens with zero attached hydrogens (tertiary/aromatic N) is 2. The lowest BCUT2D eigenvalue weighted by Gasteiger charge is -2.32. The van der Waals surface area contributed by atoms with E-state index in [4.69, 9.17) is 5.73 Å². The molecule has 2 heterocycles. The standard InChI is InChI=1S/C13H20N4O/c1-10(14)13(11-4-2-3-6-15-11)17-8-5-12(18)16-7-9-17/h2-4,6,10,13H,5,7-9,14H2,1H3,(H,16,18). The van der Waals surface area contributed by atoms with E-state index in [1.807, 2.05) is 25.1 Å². The number of hydrogen-bond acceptors (Lipinski definition) is 4. The molecule has 98 valence electrons. The van der Waals surface area contributed by atoms with Crippen molar-refractivity contribution in [3.63, 3.8) is 0 Å². The van der Waals surface area contributed by atoms with Crippen molar-refractivity contribution < 1.29 is 4.79 Å². The van der Waals surface area contributed by atoms with Crippen LogP contribution in [0.15, 0.2) is 24.4 Å². The number of aromatic nitrogens is 1. The molecule has 2 unspecified atom stereocenters. The van der Waals surface area contributed by atoms with E-state index >= 15 is 0 Å². The molecule has 0 saturated carbocycles. The molecule has 0 aliphatic carbocycles. The Balaban J connectivity index is 2.17. The van der Waals surface area contributed by atoms with Crippen molar-refractivity contribution in [2.24, 2.45) is 5.73 Å². The minimum atomic E-state index is -0.0203. The normalized spacial score (nSPS) is 20.9. The summed E-state index contributed by atoms with van der Waals surface area (Å²) in [7, 11) is 0. The van der Waals surface area contributed by atoms with E-state index in [9.17, 15) is 4.79 Å². The molecular weight excluding hydrogens is 228 g/mol. The maximum atomic E-state index is 11.4. The quantitative estimate of drug-likeness (QED) is 0.806. The van der Waals surface area contributed by atoms with Crippen LogP contribution >= 0.6 is 0 Å². The second-order valence-corrected chi connectivity index (χ2v) is 4.69. The zero-order chi connectivity index (χ0) is 13.0. The third-order valence-electron chi connectivity index (χ3n) is 3.23. The van der Waals surface area contributed by atoms with Gasteiger partial charge < -0.3 is 11.1 Å². The van der Waals surface area contributed by atoms with Crippen LogP contribution in [0, 0.1) is 0 Å². The van der Waals surface area contributed by atoms with Gasteiger partial charge in [-0.1, -0.05) is 6.07 Å². The van der Waals surface area contributed by atoms with Gasteiger partial charge in [-0.05, 0) is 19.1 Å². The van der Waals surface area contributed by atoms with Crippen molar-refractivity contribution in [3.05, 3.63) is 30.1 Å². The summed E-state index contributed by atoms with van der Waals surface area (Å²) < 4.78 is 0. The minimum absolute atomic E-state index is 0.0203. The molecule has 0 spiro atoms. The lowest BCUT2D eigenvalue weighted by Crippen LogP contribution is -2.41. The molecule has 18 heavy (non-hydrogen) atoms. The molecular formula is C13H20N4O. The topological polar surface area (TPSA) is 71.2 Å². The molecule has 1 aromatic rings. The number of carbonyl (C=O) groups excluding carboxylic acids is 1. The molecule has 5 heteroatoms. The van der Waals surface area contributed by atoms with Gasteiger partial charge in [-0.3, -0.25) is 14.7 Å². The Labute approximate surface area is 107 Å². The van der Waals surface area contributed by atoms with Crippen molar-refractivity contribution >= 4 is 5.91 Å². The van der Waals surface area contributed by atoms with Gasteiger partial charge in [-0.2, -0.15) is 0 Å². The fraction of sp³-hybridized carbons (Fsp3) is 0.538. The minimum Gasteiger partial charge on any atom is -0.355 e. The van der Waals surface area contributed by atoms with Crippen molar-refractivity contribution in [2.45, 2.75) is 25.4 Å². The van der Waals surface area contributed by atoms with Crippen LogP contribution in [-0.4, -0.2) is 41.5 Å². The fourth-order valence-electron chi connectivity index (χ4n) is 2.40.